The molecule has 2 aromatic carbocycles. The number of aromatic nitrogens is 1. The summed E-state index contributed by atoms with van der Waals surface area (Å²) in [4.78, 5) is 0. The van der Waals surface area contributed by atoms with E-state index in [-0.39, 0.29) is 40.7 Å². The molecule has 0 N–H and O–H groups in total. The Bertz CT molecular complexity index is 1140. The minimum Gasteiger partial charge on any atom is -0.358 e. The molecule has 0 radical (unpaired) electrons. The molecule has 1 aromatic heterocycles. The second-order valence-corrected chi connectivity index (χ2v) is 8.42. The van der Waals surface area contributed by atoms with Gasteiger partial charge in [0, 0.05) is 6.42 Å². The van der Waals surface area contributed by atoms with Crippen molar-refractivity contribution in [3.8, 4) is 12.1 Å². The van der Waals surface area contributed by atoms with E-state index in [0.29, 0.717) is 23.0 Å². The number of aryl methyl sites for hydroxylation is 1. The summed E-state index contributed by atoms with van der Waals surface area (Å²) in [5.41, 5.74) is 0.681. The molecular formula is C22H21N3O2PdS. The number of hydrogen-bond donors (Lipinski definition) is 0. The normalized spacial score (nSPS) is 11.0. The van der Waals surface area contributed by atoms with Crippen LogP contribution in [-0.2, 0) is 43.3 Å². The summed E-state index contributed by atoms with van der Waals surface area (Å²) >= 11 is 0. The smallest absolute Gasteiger partial charge is 0.358 e. The van der Waals surface area contributed by atoms with E-state index >= 15 is 0 Å². The van der Waals surface area contributed by atoms with Gasteiger partial charge in [0.2, 0.25) is 10.0 Å². The third-order valence-corrected chi connectivity index (χ3v) is 5.62. The van der Waals surface area contributed by atoms with Crippen molar-refractivity contribution in [3.05, 3.63) is 79.3 Å². The average molecular weight is 498 g/mol. The van der Waals surface area contributed by atoms with Gasteiger partial charge in [-0.1, -0.05) is 42.5 Å². The number of benzene rings is 2. The van der Waals surface area contributed by atoms with E-state index in [0.717, 1.165) is 11.8 Å². The fourth-order valence-electron chi connectivity index (χ4n) is 3.23. The van der Waals surface area contributed by atoms with Gasteiger partial charge >= 0.3 is 20.4 Å². The molecule has 1 heterocycles. The maximum Gasteiger partial charge on any atom is 2.00 e. The molecule has 0 saturated heterocycles. The molecule has 5 nitrogen and oxygen atoms in total. The van der Waals surface area contributed by atoms with Crippen LogP contribution in [0.4, 0.5) is 0 Å². The number of nitrogens with zero attached hydrogens (tertiary/aromatic N) is 3. The number of rotatable bonds is 6. The van der Waals surface area contributed by atoms with Crippen LogP contribution in [0.1, 0.15) is 17.7 Å². The molecule has 0 fully saturated rings. The van der Waals surface area contributed by atoms with Crippen molar-refractivity contribution in [1.82, 2.24) is 3.97 Å². The van der Waals surface area contributed by atoms with Crippen LogP contribution in [0.2, 0.25) is 0 Å². The van der Waals surface area contributed by atoms with Gasteiger partial charge in [-0.15, -0.1) is 6.07 Å². The molecule has 0 atom stereocenters. The van der Waals surface area contributed by atoms with Gasteiger partial charge in [0.25, 0.3) is 0 Å². The fraction of sp³-hybridized carbons (Fsp3) is 0.227. The minimum atomic E-state index is -3.54. The van der Waals surface area contributed by atoms with E-state index in [2.05, 4.69) is 18.2 Å². The van der Waals surface area contributed by atoms with Gasteiger partial charge in [0.05, 0.1) is 18.4 Å². The van der Waals surface area contributed by atoms with Crippen molar-refractivity contribution >= 4 is 20.9 Å². The summed E-state index contributed by atoms with van der Waals surface area (Å²) in [7, 11) is -3.54. The van der Waals surface area contributed by atoms with E-state index in [1.54, 1.807) is 18.2 Å². The van der Waals surface area contributed by atoms with Crippen molar-refractivity contribution in [2.75, 3.05) is 6.26 Å². The van der Waals surface area contributed by atoms with Gasteiger partial charge in [0.15, 0.2) is 0 Å². The molecule has 0 amide bonds. The number of para-hydroxylation sites is 1. The molecule has 152 valence electrons. The maximum atomic E-state index is 12.3. The number of fused-ring (bicyclic) bond motifs is 1. The van der Waals surface area contributed by atoms with Gasteiger partial charge in [0.1, 0.15) is 5.41 Å². The minimum absolute atomic E-state index is 0. The van der Waals surface area contributed by atoms with Crippen LogP contribution in [0.25, 0.3) is 10.9 Å². The van der Waals surface area contributed by atoms with E-state index in [9.17, 15) is 18.9 Å². The first-order valence-electron chi connectivity index (χ1n) is 8.47. The van der Waals surface area contributed by atoms with Crippen molar-refractivity contribution < 1.29 is 28.8 Å². The Morgan fingerprint density at radius 2 is 1.62 bits per heavy atom. The average Bonchev–Trinajstić information content (AvgIpc) is 3.05. The Morgan fingerprint density at radius 1 is 1.03 bits per heavy atom. The second kappa shape index (κ2) is 9.86. The topological polar surface area (TPSA) is 86.7 Å². The maximum absolute atomic E-state index is 12.3. The van der Waals surface area contributed by atoms with Crippen LogP contribution in [0, 0.1) is 41.6 Å². The van der Waals surface area contributed by atoms with Crippen LogP contribution in [0.15, 0.2) is 54.6 Å². The van der Waals surface area contributed by atoms with E-state index in [1.165, 1.54) is 3.97 Å². The zero-order valence-corrected chi connectivity index (χ0v) is 18.6. The fourth-order valence-corrected chi connectivity index (χ4v) is 4.29. The van der Waals surface area contributed by atoms with E-state index in [1.807, 2.05) is 36.4 Å². The molecule has 7 heteroatoms. The predicted molar refractivity (Wildman–Crippen MR) is 110 cm³/mol. The molecule has 29 heavy (non-hydrogen) atoms. The first kappa shape index (κ1) is 24.6. The Hall–Kier alpha value is -2.43. The van der Waals surface area contributed by atoms with Crippen LogP contribution >= 0.6 is 0 Å². The van der Waals surface area contributed by atoms with Crippen LogP contribution in [0.3, 0.4) is 0 Å². The Morgan fingerprint density at radius 3 is 2.21 bits per heavy atom. The third kappa shape index (κ3) is 5.34. The quantitative estimate of drug-likeness (QED) is 0.382. The van der Waals surface area contributed by atoms with Gasteiger partial charge in [-0.3, -0.25) is 0 Å². The monoisotopic (exact) mass is 497 g/mol. The predicted octanol–water partition coefficient (Wildman–Crippen LogP) is 3.91. The van der Waals surface area contributed by atoms with Crippen molar-refractivity contribution in [2.45, 2.75) is 19.3 Å². The van der Waals surface area contributed by atoms with Gasteiger partial charge in [-0.05, 0) is 29.6 Å². The first-order chi connectivity index (χ1) is 12.9. The molecular weight excluding hydrogens is 477 g/mol. The van der Waals surface area contributed by atoms with Crippen LogP contribution < -0.4 is 0 Å². The van der Waals surface area contributed by atoms with Gasteiger partial charge in [-0.2, -0.15) is 28.0 Å². The van der Waals surface area contributed by atoms with Crippen molar-refractivity contribution in [2.24, 2.45) is 5.41 Å². The largest absolute Gasteiger partial charge is 2.00 e. The summed E-state index contributed by atoms with van der Waals surface area (Å²) in [5.74, 6) is 0. The molecule has 3 aromatic rings. The van der Waals surface area contributed by atoms with Gasteiger partial charge in [-0.25, -0.2) is 8.42 Å². The zero-order chi connectivity index (χ0) is 19.5. The summed E-state index contributed by atoms with van der Waals surface area (Å²) in [5, 5.41) is 20.0. The third-order valence-electron chi connectivity index (χ3n) is 4.54. The van der Waals surface area contributed by atoms with E-state index < -0.39 is 15.4 Å². The van der Waals surface area contributed by atoms with Crippen molar-refractivity contribution in [1.29, 1.82) is 10.5 Å². The summed E-state index contributed by atoms with van der Waals surface area (Å²) in [6.07, 6.45) is 1.91. The first-order valence-corrected chi connectivity index (χ1v) is 10.3. The van der Waals surface area contributed by atoms with Gasteiger partial charge < -0.3 is 11.4 Å². The summed E-state index contributed by atoms with van der Waals surface area (Å²) in [6.45, 7) is 0. The SMILES string of the molecule is CS(=O)(=O)n1c(CCC(C#N)(C#N)Cc2ccccc2)[c-]c2ccccc21.[CH3-].[Pd+2]. The molecule has 0 aliphatic carbocycles. The summed E-state index contributed by atoms with van der Waals surface area (Å²) < 4.78 is 25.8. The zero-order valence-electron chi connectivity index (χ0n) is 16.2. The summed E-state index contributed by atoms with van der Waals surface area (Å²) in [6, 6.07) is 23.9. The number of hydrogen-bond acceptors (Lipinski definition) is 4. The van der Waals surface area contributed by atoms with E-state index in [4.69, 9.17) is 0 Å². The molecule has 3 rings (SSSR count). The number of nitriles is 2. The Balaban J connectivity index is 0.00000210. The molecule has 0 aliphatic heterocycles. The molecule has 0 unspecified atom stereocenters. The van der Waals surface area contributed by atoms with Crippen LogP contribution in [-0.4, -0.2) is 18.6 Å². The molecule has 0 aliphatic rings. The second-order valence-electron chi connectivity index (χ2n) is 6.58. The molecule has 0 saturated carbocycles. The Labute approximate surface area is 186 Å². The van der Waals surface area contributed by atoms with Crippen molar-refractivity contribution in [3.63, 3.8) is 0 Å². The molecule has 0 spiro atoms. The van der Waals surface area contributed by atoms with Crippen LogP contribution in [0.5, 0.6) is 0 Å². The standard InChI is InChI=1S/C21H18N3O2S.CH3.Pd/c1-27(25,26)24-19(13-18-9-5-6-10-20(18)24)11-12-21(15-22,16-23)14-17-7-3-2-4-8-17;;/h2-10H,11-12,14H2,1H3;1H3;/q2*-1;+2. The Kier molecular flexibility index (Phi) is 8.37. The molecule has 0 bridgehead atoms.